The average Bonchev–Trinajstić information content (AvgIpc) is 2.70. The molecular weight excluding hydrogens is 308 g/mol. The first kappa shape index (κ1) is 14.6. The molecule has 0 aliphatic carbocycles. The maximum atomic E-state index is 13.8. The van der Waals surface area contributed by atoms with Gasteiger partial charge in [0.2, 0.25) is 0 Å². The van der Waals surface area contributed by atoms with Gasteiger partial charge in [-0.3, -0.25) is 0 Å². The van der Waals surface area contributed by atoms with Gasteiger partial charge in [-0.2, -0.15) is 0 Å². The van der Waals surface area contributed by atoms with Gasteiger partial charge >= 0.3 is 0 Å². The molecule has 0 saturated carbocycles. The fraction of sp³-hybridized carbons (Fsp3) is 0.231. The van der Waals surface area contributed by atoms with Crippen LogP contribution in [0.3, 0.4) is 0 Å². The molecule has 19 heavy (non-hydrogen) atoms. The van der Waals surface area contributed by atoms with E-state index in [2.05, 4.69) is 5.32 Å². The first-order valence-electron chi connectivity index (χ1n) is 5.52. The highest BCUT2D eigenvalue weighted by atomic mass is 35.5. The molecule has 1 N–H and O–H groups in total. The van der Waals surface area contributed by atoms with Gasteiger partial charge in [-0.15, -0.1) is 11.3 Å². The third kappa shape index (κ3) is 3.03. The molecule has 2 nitrogen and oxygen atoms in total. The maximum Gasteiger partial charge on any atom is 0.165 e. The molecule has 0 bridgehead atoms. The van der Waals surface area contributed by atoms with Gasteiger partial charge in [-0.25, -0.2) is 4.39 Å². The molecule has 1 unspecified atom stereocenters. The first-order valence-corrected chi connectivity index (χ1v) is 7.09. The number of hydrogen-bond donors (Lipinski definition) is 1. The van der Waals surface area contributed by atoms with Gasteiger partial charge < -0.3 is 10.1 Å². The van der Waals surface area contributed by atoms with Crippen molar-refractivity contribution in [2.45, 2.75) is 6.04 Å². The van der Waals surface area contributed by atoms with Crippen LogP contribution in [0.4, 0.5) is 4.39 Å². The Morgan fingerprint density at radius 3 is 2.53 bits per heavy atom. The van der Waals surface area contributed by atoms with Gasteiger partial charge in [0.25, 0.3) is 0 Å². The van der Waals surface area contributed by atoms with Gasteiger partial charge in [-0.1, -0.05) is 29.3 Å². The third-order valence-corrected chi connectivity index (χ3v) is 4.31. The zero-order valence-corrected chi connectivity index (χ0v) is 12.7. The van der Waals surface area contributed by atoms with Gasteiger partial charge in [0, 0.05) is 5.56 Å². The van der Waals surface area contributed by atoms with Gasteiger partial charge in [0.05, 0.1) is 21.8 Å². The van der Waals surface area contributed by atoms with Gasteiger partial charge in [0.1, 0.15) is 0 Å². The molecule has 2 aromatic rings. The van der Waals surface area contributed by atoms with E-state index in [4.69, 9.17) is 27.9 Å². The standard InChI is InChI=1S/C13H12Cl2FNOS/c1-17-12(8-6-11(14)19-13(8)15)7-3-4-10(18-2)9(16)5-7/h3-6,12,17H,1-2H3. The SMILES string of the molecule is CNC(c1ccc(OC)c(F)c1)c1cc(Cl)sc1Cl. The Morgan fingerprint density at radius 1 is 1.32 bits per heavy atom. The maximum absolute atomic E-state index is 13.8. The molecule has 1 aromatic heterocycles. The minimum atomic E-state index is -0.405. The highest BCUT2D eigenvalue weighted by molar-refractivity contribution is 7.20. The number of benzene rings is 1. The molecule has 1 aromatic carbocycles. The summed E-state index contributed by atoms with van der Waals surface area (Å²) in [5, 5.41) is 3.11. The molecule has 0 fully saturated rings. The number of halogens is 3. The summed E-state index contributed by atoms with van der Waals surface area (Å²) in [6.07, 6.45) is 0. The summed E-state index contributed by atoms with van der Waals surface area (Å²) in [5.41, 5.74) is 1.60. The topological polar surface area (TPSA) is 21.3 Å². The van der Waals surface area contributed by atoms with E-state index in [1.165, 1.54) is 24.5 Å². The summed E-state index contributed by atoms with van der Waals surface area (Å²) in [6.45, 7) is 0. The largest absolute Gasteiger partial charge is 0.494 e. The highest BCUT2D eigenvalue weighted by Gasteiger charge is 2.19. The summed E-state index contributed by atoms with van der Waals surface area (Å²) in [7, 11) is 3.22. The highest BCUT2D eigenvalue weighted by Crippen LogP contribution is 2.37. The van der Waals surface area contributed by atoms with E-state index in [1.807, 2.05) is 0 Å². The van der Waals surface area contributed by atoms with Crippen LogP contribution in [-0.2, 0) is 0 Å². The van der Waals surface area contributed by atoms with Crippen molar-refractivity contribution >= 4 is 34.5 Å². The smallest absolute Gasteiger partial charge is 0.165 e. The second kappa shape index (κ2) is 6.09. The quantitative estimate of drug-likeness (QED) is 0.895. The van der Waals surface area contributed by atoms with Crippen molar-refractivity contribution in [2.24, 2.45) is 0 Å². The van der Waals surface area contributed by atoms with Gasteiger partial charge in [-0.05, 0) is 30.8 Å². The Hall–Kier alpha value is -0.810. The van der Waals surface area contributed by atoms with Crippen LogP contribution >= 0.6 is 34.5 Å². The second-order valence-electron chi connectivity index (χ2n) is 3.90. The lowest BCUT2D eigenvalue weighted by molar-refractivity contribution is 0.386. The summed E-state index contributed by atoms with van der Waals surface area (Å²) in [5.74, 6) is -0.189. The summed E-state index contributed by atoms with van der Waals surface area (Å²) < 4.78 is 19.9. The molecule has 102 valence electrons. The number of hydrogen-bond acceptors (Lipinski definition) is 3. The van der Waals surface area contributed by atoms with Crippen molar-refractivity contribution in [1.82, 2.24) is 5.32 Å². The van der Waals surface area contributed by atoms with Crippen molar-refractivity contribution in [3.63, 3.8) is 0 Å². The van der Waals surface area contributed by atoms with E-state index in [0.717, 1.165) is 11.1 Å². The van der Waals surface area contributed by atoms with Crippen LogP contribution in [0, 0.1) is 5.82 Å². The molecule has 6 heteroatoms. The van der Waals surface area contributed by atoms with Crippen LogP contribution in [0.25, 0.3) is 0 Å². The Bertz CT molecular complexity index is 588. The zero-order chi connectivity index (χ0) is 14.0. The van der Waals surface area contributed by atoms with Crippen LogP contribution in [0.2, 0.25) is 8.67 Å². The summed E-state index contributed by atoms with van der Waals surface area (Å²) >= 11 is 13.4. The summed E-state index contributed by atoms with van der Waals surface area (Å²) in [6, 6.07) is 6.40. The molecular formula is C13H12Cl2FNOS. The predicted octanol–water partition coefficient (Wildman–Crippen LogP) is 4.51. The van der Waals surface area contributed by atoms with E-state index in [-0.39, 0.29) is 11.8 Å². The molecule has 2 rings (SSSR count). The molecule has 0 radical (unpaired) electrons. The fourth-order valence-corrected chi connectivity index (χ4v) is 3.45. The lowest BCUT2D eigenvalue weighted by atomic mass is 10.0. The molecule has 0 saturated heterocycles. The Morgan fingerprint density at radius 2 is 2.05 bits per heavy atom. The molecule has 1 heterocycles. The van der Waals surface area contributed by atoms with Crippen LogP contribution in [0.1, 0.15) is 17.2 Å². The fourth-order valence-electron chi connectivity index (χ4n) is 1.91. The molecule has 0 aliphatic rings. The van der Waals surface area contributed by atoms with Crippen LogP contribution in [0.5, 0.6) is 5.75 Å². The summed E-state index contributed by atoms with van der Waals surface area (Å²) in [4.78, 5) is 0. The Balaban J connectivity index is 2.42. The van der Waals surface area contributed by atoms with E-state index >= 15 is 0 Å². The molecule has 0 spiro atoms. The van der Waals surface area contributed by atoms with Crippen molar-refractivity contribution < 1.29 is 9.13 Å². The lowest BCUT2D eigenvalue weighted by Crippen LogP contribution is -2.17. The lowest BCUT2D eigenvalue weighted by Gasteiger charge is -2.17. The van der Waals surface area contributed by atoms with Gasteiger partial charge in [0.15, 0.2) is 11.6 Å². The van der Waals surface area contributed by atoms with Crippen molar-refractivity contribution in [2.75, 3.05) is 14.2 Å². The van der Waals surface area contributed by atoms with Crippen LogP contribution < -0.4 is 10.1 Å². The average molecular weight is 320 g/mol. The van der Waals surface area contributed by atoms with E-state index in [1.54, 1.807) is 25.2 Å². The van der Waals surface area contributed by atoms with E-state index in [9.17, 15) is 4.39 Å². The molecule has 0 aliphatic heterocycles. The number of thiophene rings is 1. The second-order valence-corrected chi connectivity index (χ2v) is 6.18. The Kier molecular flexibility index (Phi) is 4.68. The number of ether oxygens (including phenoxy) is 1. The van der Waals surface area contributed by atoms with Crippen molar-refractivity contribution in [1.29, 1.82) is 0 Å². The zero-order valence-electron chi connectivity index (χ0n) is 10.3. The number of rotatable bonds is 4. The minimum absolute atomic E-state index is 0.211. The normalized spacial score (nSPS) is 12.5. The molecule has 0 amide bonds. The van der Waals surface area contributed by atoms with Crippen LogP contribution in [-0.4, -0.2) is 14.2 Å². The van der Waals surface area contributed by atoms with E-state index in [0.29, 0.717) is 8.67 Å². The van der Waals surface area contributed by atoms with Crippen molar-refractivity contribution in [3.05, 3.63) is 49.9 Å². The minimum Gasteiger partial charge on any atom is -0.494 e. The third-order valence-electron chi connectivity index (χ3n) is 2.79. The monoisotopic (exact) mass is 319 g/mol. The first-order chi connectivity index (χ1) is 9.06. The van der Waals surface area contributed by atoms with Crippen molar-refractivity contribution in [3.8, 4) is 5.75 Å². The Labute approximate surface area is 125 Å². The number of nitrogens with one attached hydrogen (secondary N) is 1. The molecule has 1 atom stereocenters. The predicted molar refractivity (Wildman–Crippen MR) is 78.2 cm³/mol. The van der Waals surface area contributed by atoms with E-state index < -0.39 is 5.82 Å². The van der Waals surface area contributed by atoms with Crippen LogP contribution in [0.15, 0.2) is 24.3 Å². The number of methoxy groups -OCH3 is 1.